The van der Waals surface area contributed by atoms with E-state index in [4.69, 9.17) is 4.74 Å². The lowest BCUT2D eigenvalue weighted by Crippen LogP contribution is -2.37. The number of nitrogens with one attached hydrogen (secondary N) is 1. The van der Waals surface area contributed by atoms with Gasteiger partial charge in [0.05, 0.1) is 0 Å². The first kappa shape index (κ1) is 16.5. The van der Waals surface area contributed by atoms with Crippen LogP contribution >= 0.6 is 11.3 Å². The van der Waals surface area contributed by atoms with E-state index in [0.717, 1.165) is 6.42 Å². The standard InChI is InChI=1S/C19H18FNO2S/c1-13(10-14-12-24-18-9-5-2-6-15(14)18)21-19(22)11-23-17-8-4-3-7-16(17)20/h2-9,12-13H,10-11H2,1H3,(H,21,22)/t13-/m0/s1. The van der Waals surface area contributed by atoms with Gasteiger partial charge in [0.2, 0.25) is 0 Å². The average Bonchev–Trinajstić information content (AvgIpc) is 2.97. The number of para-hydroxylation sites is 1. The molecule has 5 heteroatoms. The number of carbonyl (C=O) groups is 1. The van der Waals surface area contributed by atoms with Crippen molar-refractivity contribution in [3.8, 4) is 5.75 Å². The Morgan fingerprint density at radius 1 is 1.21 bits per heavy atom. The lowest BCUT2D eigenvalue weighted by molar-refractivity contribution is -0.123. The predicted molar refractivity (Wildman–Crippen MR) is 95.0 cm³/mol. The maximum atomic E-state index is 13.4. The molecule has 0 saturated heterocycles. The number of hydrogen-bond donors (Lipinski definition) is 1. The van der Waals surface area contributed by atoms with Gasteiger partial charge < -0.3 is 10.1 Å². The third-order valence-corrected chi connectivity index (χ3v) is 4.70. The zero-order valence-corrected chi connectivity index (χ0v) is 14.1. The summed E-state index contributed by atoms with van der Waals surface area (Å²) in [5, 5.41) is 6.25. The van der Waals surface area contributed by atoms with Crippen molar-refractivity contribution in [2.24, 2.45) is 0 Å². The van der Waals surface area contributed by atoms with Crippen LogP contribution in [-0.4, -0.2) is 18.6 Å². The second-order valence-electron chi connectivity index (χ2n) is 5.65. The molecule has 1 heterocycles. The maximum Gasteiger partial charge on any atom is 0.258 e. The molecule has 0 spiro atoms. The van der Waals surface area contributed by atoms with Crippen molar-refractivity contribution in [1.82, 2.24) is 5.32 Å². The summed E-state index contributed by atoms with van der Waals surface area (Å²) in [7, 11) is 0. The second kappa shape index (κ2) is 7.45. The minimum Gasteiger partial charge on any atom is -0.481 e. The zero-order chi connectivity index (χ0) is 16.9. The molecule has 3 rings (SSSR count). The van der Waals surface area contributed by atoms with Crippen LogP contribution in [0.15, 0.2) is 53.9 Å². The highest BCUT2D eigenvalue weighted by atomic mass is 32.1. The highest BCUT2D eigenvalue weighted by molar-refractivity contribution is 7.17. The minimum atomic E-state index is -0.469. The van der Waals surface area contributed by atoms with Gasteiger partial charge in [-0.2, -0.15) is 0 Å². The van der Waals surface area contributed by atoms with Gasteiger partial charge in [-0.05, 0) is 47.9 Å². The van der Waals surface area contributed by atoms with Crippen molar-refractivity contribution in [3.05, 3.63) is 65.3 Å². The molecule has 0 saturated carbocycles. The molecular weight excluding hydrogens is 325 g/mol. The van der Waals surface area contributed by atoms with E-state index >= 15 is 0 Å². The van der Waals surface area contributed by atoms with E-state index in [1.54, 1.807) is 23.5 Å². The summed E-state index contributed by atoms with van der Waals surface area (Å²) in [6.45, 7) is 1.75. The minimum absolute atomic E-state index is 0.0280. The van der Waals surface area contributed by atoms with Gasteiger partial charge in [-0.15, -0.1) is 11.3 Å². The Morgan fingerprint density at radius 2 is 1.96 bits per heavy atom. The molecule has 0 unspecified atom stereocenters. The van der Waals surface area contributed by atoms with Crippen molar-refractivity contribution in [2.75, 3.05) is 6.61 Å². The molecular formula is C19H18FNO2S. The van der Waals surface area contributed by atoms with Gasteiger partial charge in [0.25, 0.3) is 5.91 Å². The molecule has 0 radical (unpaired) electrons. The Bertz CT molecular complexity index is 846. The van der Waals surface area contributed by atoms with Crippen LogP contribution in [0.3, 0.4) is 0 Å². The summed E-state index contributed by atoms with van der Waals surface area (Å²) in [6.07, 6.45) is 0.745. The molecule has 3 nitrogen and oxygen atoms in total. The molecule has 1 N–H and O–H groups in total. The van der Waals surface area contributed by atoms with Crippen LogP contribution in [0.25, 0.3) is 10.1 Å². The van der Waals surface area contributed by atoms with E-state index in [2.05, 4.69) is 22.8 Å². The van der Waals surface area contributed by atoms with Crippen molar-refractivity contribution < 1.29 is 13.9 Å². The van der Waals surface area contributed by atoms with Crippen LogP contribution in [0, 0.1) is 5.82 Å². The van der Waals surface area contributed by atoms with Gasteiger partial charge in [0, 0.05) is 10.7 Å². The Morgan fingerprint density at radius 3 is 2.79 bits per heavy atom. The summed E-state index contributed by atoms with van der Waals surface area (Å²) in [5.74, 6) is -0.641. The van der Waals surface area contributed by atoms with Gasteiger partial charge in [0.1, 0.15) is 0 Å². The van der Waals surface area contributed by atoms with Gasteiger partial charge in [0.15, 0.2) is 18.2 Å². The molecule has 0 aliphatic carbocycles. The number of benzene rings is 2. The Labute approximate surface area is 144 Å². The van der Waals surface area contributed by atoms with Crippen LogP contribution in [-0.2, 0) is 11.2 Å². The van der Waals surface area contributed by atoms with E-state index in [-0.39, 0.29) is 24.3 Å². The average molecular weight is 343 g/mol. The first-order valence-electron chi connectivity index (χ1n) is 7.75. The summed E-state index contributed by atoms with van der Waals surface area (Å²) < 4.78 is 19.9. The quantitative estimate of drug-likeness (QED) is 0.730. The molecule has 0 aliphatic heterocycles. The van der Waals surface area contributed by atoms with Crippen molar-refractivity contribution >= 4 is 27.3 Å². The molecule has 124 valence electrons. The molecule has 0 fully saturated rings. The van der Waals surface area contributed by atoms with Crippen LogP contribution in [0.4, 0.5) is 4.39 Å². The van der Waals surface area contributed by atoms with Crippen molar-refractivity contribution in [2.45, 2.75) is 19.4 Å². The number of thiophene rings is 1. The van der Waals surface area contributed by atoms with Gasteiger partial charge in [-0.3, -0.25) is 4.79 Å². The lowest BCUT2D eigenvalue weighted by Gasteiger charge is -2.14. The first-order chi connectivity index (χ1) is 11.6. The Kier molecular flexibility index (Phi) is 5.11. The monoisotopic (exact) mass is 343 g/mol. The van der Waals surface area contributed by atoms with Crippen LogP contribution < -0.4 is 10.1 Å². The third-order valence-electron chi connectivity index (χ3n) is 3.69. The van der Waals surface area contributed by atoms with E-state index < -0.39 is 5.82 Å². The number of ether oxygens (including phenoxy) is 1. The summed E-state index contributed by atoms with van der Waals surface area (Å²) >= 11 is 1.70. The molecule has 2 aromatic carbocycles. The van der Waals surface area contributed by atoms with Gasteiger partial charge >= 0.3 is 0 Å². The molecule has 1 aromatic heterocycles. The number of rotatable bonds is 6. The predicted octanol–water partition coefficient (Wildman–Crippen LogP) is 4.17. The normalized spacial score (nSPS) is 12.1. The summed E-state index contributed by atoms with van der Waals surface area (Å²) in [6, 6.07) is 14.3. The molecule has 1 amide bonds. The van der Waals surface area contributed by atoms with E-state index in [1.807, 2.05) is 19.1 Å². The highest BCUT2D eigenvalue weighted by Gasteiger charge is 2.12. The number of hydrogen-bond acceptors (Lipinski definition) is 3. The molecule has 0 aliphatic rings. The van der Waals surface area contributed by atoms with E-state index in [0.29, 0.717) is 0 Å². The SMILES string of the molecule is C[C@@H](Cc1csc2ccccc12)NC(=O)COc1ccccc1F. The summed E-state index contributed by atoms with van der Waals surface area (Å²) in [4.78, 5) is 12.0. The lowest BCUT2D eigenvalue weighted by atomic mass is 10.1. The molecule has 0 bridgehead atoms. The van der Waals surface area contributed by atoms with E-state index in [1.165, 1.54) is 27.8 Å². The van der Waals surface area contributed by atoms with Crippen LogP contribution in [0.1, 0.15) is 12.5 Å². The van der Waals surface area contributed by atoms with Crippen molar-refractivity contribution in [3.63, 3.8) is 0 Å². The smallest absolute Gasteiger partial charge is 0.258 e. The number of fused-ring (bicyclic) bond motifs is 1. The number of amides is 1. The highest BCUT2D eigenvalue weighted by Crippen LogP contribution is 2.26. The molecule has 3 aromatic rings. The van der Waals surface area contributed by atoms with E-state index in [9.17, 15) is 9.18 Å². The fourth-order valence-corrected chi connectivity index (χ4v) is 3.57. The Balaban J connectivity index is 1.54. The topological polar surface area (TPSA) is 38.3 Å². The molecule has 1 atom stereocenters. The van der Waals surface area contributed by atoms with Gasteiger partial charge in [-0.25, -0.2) is 4.39 Å². The second-order valence-corrected chi connectivity index (χ2v) is 6.56. The molecule has 24 heavy (non-hydrogen) atoms. The van der Waals surface area contributed by atoms with Crippen molar-refractivity contribution in [1.29, 1.82) is 0 Å². The largest absolute Gasteiger partial charge is 0.481 e. The first-order valence-corrected chi connectivity index (χ1v) is 8.63. The fraction of sp³-hybridized carbons (Fsp3) is 0.211. The summed E-state index contributed by atoms with van der Waals surface area (Å²) in [5.41, 5.74) is 1.22. The number of carbonyl (C=O) groups excluding carboxylic acids is 1. The maximum absolute atomic E-state index is 13.4. The Hall–Kier alpha value is -2.40. The fourth-order valence-electron chi connectivity index (χ4n) is 2.59. The van der Waals surface area contributed by atoms with Gasteiger partial charge in [-0.1, -0.05) is 30.3 Å². The van der Waals surface area contributed by atoms with Crippen LogP contribution in [0.5, 0.6) is 5.75 Å². The zero-order valence-electron chi connectivity index (χ0n) is 13.3. The third kappa shape index (κ3) is 3.92. The van der Waals surface area contributed by atoms with Crippen LogP contribution in [0.2, 0.25) is 0 Å². The number of halogens is 1.